The number of hydrogen-bond donors (Lipinski definition) is 2. The molecule has 0 spiro atoms. The zero-order chi connectivity index (χ0) is 15.1. The van der Waals surface area contributed by atoms with Gasteiger partial charge in [-0.05, 0) is 57.2 Å². The van der Waals surface area contributed by atoms with Crippen molar-refractivity contribution in [2.45, 2.75) is 44.0 Å². The summed E-state index contributed by atoms with van der Waals surface area (Å²) < 4.78 is 27.4. The van der Waals surface area contributed by atoms with E-state index in [1.54, 1.807) is 6.92 Å². The van der Waals surface area contributed by atoms with E-state index < -0.39 is 21.5 Å². The lowest BCUT2D eigenvalue weighted by Crippen LogP contribution is -2.45. The molecule has 110 valence electrons. The van der Waals surface area contributed by atoms with Crippen molar-refractivity contribution < 1.29 is 18.3 Å². The Morgan fingerprint density at radius 2 is 1.95 bits per heavy atom. The first-order valence-electron chi connectivity index (χ1n) is 6.51. The smallest absolute Gasteiger partial charge is 0.335 e. The minimum Gasteiger partial charge on any atom is -0.478 e. The van der Waals surface area contributed by atoms with E-state index in [0.29, 0.717) is 11.5 Å². The molecule has 0 radical (unpaired) electrons. The Kier molecular flexibility index (Phi) is 3.64. The third-order valence-electron chi connectivity index (χ3n) is 3.75. The van der Waals surface area contributed by atoms with Gasteiger partial charge in [-0.15, -0.1) is 0 Å². The quantitative estimate of drug-likeness (QED) is 0.872. The number of aromatic carboxylic acids is 1. The monoisotopic (exact) mass is 297 g/mol. The van der Waals surface area contributed by atoms with Gasteiger partial charge in [-0.2, -0.15) is 0 Å². The SMILES string of the molecule is Cc1ccc(S(=O)(=O)NC(C)(C)C2CC2)cc1C(=O)O. The second-order valence-electron chi connectivity index (χ2n) is 5.88. The highest BCUT2D eigenvalue weighted by Crippen LogP contribution is 2.39. The number of hydrogen-bond acceptors (Lipinski definition) is 3. The van der Waals surface area contributed by atoms with Gasteiger partial charge in [0.05, 0.1) is 10.5 Å². The van der Waals surface area contributed by atoms with Crippen LogP contribution in [-0.2, 0) is 10.0 Å². The van der Waals surface area contributed by atoms with Crippen LogP contribution in [0.4, 0.5) is 0 Å². The fraction of sp³-hybridized carbons (Fsp3) is 0.500. The average Bonchev–Trinajstić information content (AvgIpc) is 3.11. The second kappa shape index (κ2) is 4.86. The van der Waals surface area contributed by atoms with Gasteiger partial charge in [0.15, 0.2) is 0 Å². The Balaban J connectivity index is 2.34. The molecule has 1 fully saturated rings. The van der Waals surface area contributed by atoms with Gasteiger partial charge < -0.3 is 5.11 Å². The van der Waals surface area contributed by atoms with Gasteiger partial charge in [0, 0.05) is 5.54 Å². The van der Waals surface area contributed by atoms with Gasteiger partial charge in [0.2, 0.25) is 10.0 Å². The minimum atomic E-state index is -3.71. The van der Waals surface area contributed by atoms with Gasteiger partial charge >= 0.3 is 5.97 Å². The maximum Gasteiger partial charge on any atom is 0.335 e. The Bertz CT molecular complexity index is 645. The molecule has 0 saturated heterocycles. The van der Waals surface area contributed by atoms with Crippen LogP contribution in [-0.4, -0.2) is 25.0 Å². The van der Waals surface area contributed by atoms with E-state index in [2.05, 4.69) is 4.72 Å². The summed E-state index contributed by atoms with van der Waals surface area (Å²) in [6, 6.07) is 4.16. The van der Waals surface area contributed by atoms with Crippen LogP contribution < -0.4 is 4.72 Å². The number of benzene rings is 1. The molecule has 2 N–H and O–H groups in total. The summed E-state index contributed by atoms with van der Waals surface area (Å²) in [5.74, 6) is -0.775. The molecule has 1 saturated carbocycles. The summed E-state index contributed by atoms with van der Waals surface area (Å²) in [5.41, 5.74) is 0.0441. The van der Waals surface area contributed by atoms with E-state index in [-0.39, 0.29) is 10.5 Å². The van der Waals surface area contributed by atoms with Crippen molar-refractivity contribution in [1.29, 1.82) is 0 Å². The van der Waals surface area contributed by atoms with E-state index in [1.165, 1.54) is 18.2 Å². The van der Waals surface area contributed by atoms with Crippen molar-refractivity contribution in [2.75, 3.05) is 0 Å². The average molecular weight is 297 g/mol. The molecule has 2 rings (SSSR count). The summed E-state index contributed by atoms with van der Waals surface area (Å²) in [4.78, 5) is 11.1. The van der Waals surface area contributed by atoms with Crippen LogP contribution in [0.15, 0.2) is 23.1 Å². The predicted octanol–water partition coefficient (Wildman–Crippen LogP) is 2.16. The van der Waals surface area contributed by atoms with Crippen molar-refractivity contribution in [2.24, 2.45) is 5.92 Å². The maximum absolute atomic E-state index is 12.4. The minimum absolute atomic E-state index is 0.00535. The number of rotatable bonds is 5. The van der Waals surface area contributed by atoms with Crippen molar-refractivity contribution >= 4 is 16.0 Å². The molecule has 1 aliphatic rings. The molecule has 1 aliphatic carbocycles. The zero-order valence-corrected chi connectivity index (χ0v) is 12.6. The molecule has 0 heterocycles. The topological polar surface area (TPSA) is 83.5 Å². The molecule has 0 atom stereocenters. The third-order valence-corrected chi connectivity index (χ3v) is 5.41. The molecule has 0 aromatic heterocycles. The number of carbonyl (C=O) groups is 1. The van der Waals surface area contributed by atoms with Gasteiger partial charge in [-0.25, -0.2) is 17.9 Å². The molecule has 0 unspecified atom stereocenters. The predicted molar refractivity (Wildman–Crippen MR) is 75.3 cm³/mol. The highest BCUT2D eigenvalue weighted by Gasteiger charge is 2.40. The largest absolute Gasteiger partial charge is 0.478 e. The molecular weight excluding hydrogens is 278 g/mol. The van der Waals surface area contributed by atoms with Crippen LogP contribution in [0.25, 0.3) is 0 Å². The summed E-state index contributed by atoms with van der Waals surface area (Å²) in [6.45, 7) is 5.35. The fourth-order valence-electron chi connectivity index (χ4n) is 2.29. The lowest BCUT2D eigenvalue weighted by atomic mass is 10.0. The van der Waals surface area contributed by atoms with Crippen molar-refractivity contribution in [3.63, 3.8) is 0 Å². The number of nitrogens with one attached hydrogen (secondary N) is 1. The lowest BCUT2D eigenvalue weighted by molar-refractivity contribution is 0.0696. The standard InChI is InChI=1S/C14H19NO4S/c1-9-4-7-11(8-12(9)13(16)17)20(18,19)15-14(2,3)10-5-6-10/h4,7-8,10,15H,5-6H2,1-3H3,(H,16,17). The first-order valence-corrected chi connectivity index (χ1v) is 8.00. The normalized spacial score (nSPS) is 16.1. The summed E-state index contributed by atoms with van der Waals surface area (Å²) in [5, 5.41) is 9.07. The fourth-order valence-corrected chi connectivity index (χ4v) is 3.79. The molecule has 20 heavy (non-hydrogen) atoms. The summed E-state index contributed by atoms with van der Waals surface area (Å²) in [7, 11) is -3.71. The first-order chi connectivity index (χ1) is 9.13. The molecule has 0 aliphatic heterocycles. The Hall–Kier alpha value is -1.40. The van der Waals surface area contributed by atoms with Crippen molar-refractivity contribution in [1.82, 2.24) is 4.72 Å². The summed E-state index contributed by atoms with van der Waals surface area (Å²) in [6.07, 6.45) is 2.04. The van der Waals surface area contributed by atoms with Crippen LogP contribution >= 0.6 is 0 Å². The van der Waals surface area contributed by atoms with Crippen LogP contribution in [0.5, 0.6) is 0 Å². The Morgan fingerprint density at radius 1 is 1.35 bits per heavy atom. The molecule has 1 aromatic carbocycles. The lowest BCUT2D eigenvalue weighted by Gasteiger charge is -2.25. The van der Waals surface area contributed by atoms with Crippen LogP contribution in [0.3, 0.4) is 0 Å². The molecule has 6 heteroatoms. The number of carboxylic acid groups (broad SMARTS) is 1. The van der Waals surface area contributed by atoms with E-state index >= 15 is 0 Å². The van der Waals surface area contributed by atoms with Gasteiger partial charge in [-0.3, -0.25) is 0 Å². The Morgan fingerprint density at radius 3 is 2.45 bits per heavy atom. The highest BCUT2D eigenvalue weighted by molar-refractivity contribution is 7.89. The van der Waals surface area contributed by atoms with E-state index in [1.807, 2.05) is 13.8 Å². The molecule has 5 nitrogen and oxygen atoms in total. The number of aryl methyl sites for hydroxylation is 1. The molecule has 0 amide bonds. The van der Waals surface area contributed by atoms with Crippen molar-refractivity contribution in [3.05, 3.63) is 29.3 Å². The highest BCUT2D eigenvalue weighted by atomic mass is 32.2. The van der Waals surface area contributed by atoms with Gasteiger partial charge in [-0.1, -0.05) is 6.07 Å². The van der Waals surface area contributed by atoms with Gasteiger partial charge in [0.1, 0.15) is 0 Å². The second-order valence-corrected chi connectivity index (χ2v) is 7.57. The number of sulfonamides is 1. The molecular formula is C14H19NO4S. The van der Waals surface area contributed by atoms with E-state index in [9.17, 15) is 13.2 Å². The Labute approximate surface area is 119 Å². The summed E-state index contributed by atoms with van der Waals surface area (Å²) >= 11 is 0. The molecule has 0 bridgehead atoms. The first kappa shape index (κ1) is 15.0. The van der Waals surface area contributed by atoms with Crippen molar-refractivity contribution in [3.8, 4) is 0 Å². The zero-order valence-electron chi connectivity index (χ0n) is 11.8. The third kappa shape index (κ3) is 3.02. The number of carboxylic acids is 1. The van der Waals surface area contributed by atoms with Crippen LogP contribution in [0, 0.1) is 12.8 Å². The van der Waals surface area contributed by atoms with E-state index in [4.69, 9.17) is 5.11 Å². The van der Waals surface area contributed by atoms with Gasteiger partial charge in [0.25, 0.3) is 0 Å². The van der Waals surface area contributed by atoms with Crippen LogP contribution in [0.1, 0.15) is 42.6 Å². The maximum atomic E-state index is 12.4. The van der Waals surface area contributed by atoms with Crippen LogP contribution in [0.2, 0.25) is 0 Å². The molecule has 1 aromatic rings. The van der Waals surface area contributed by atoms with E-state index in [0.717, 1.165) is 12.8 Å².